The van der Waals surface area contributed by atoms with E-state index in [1.54, 1.807) is 6.33 Å². The van der Waals surface area contributed by atoms with Gasteiger partial charge in [0.15, 0.2) is 0 Å². The number of hydrogen-bond acceptors (Lipinski definition) is 5. The van der Waals surface area contributed by atoms with Gasteiger partial charge in [0.05, 0.1) is 11.0 Å². The molecule has 0 amide bonds. The van der Waals surface area contributed by atoms with Crippen LogP contribution in [0.1, 0.15) is 13.3 Å². The Hall–Kier alpha value is -2.63. The summed E-state index contributed by atoms with van der Waals surface area (Å²) in [6.07, 6.45) is 2.60. The highest BCUT2D eigenvalue weighted by atomic mass is 15.2. The van der Waals surface area contributed by atoms with Gasteiger partial charge in [-0.25, -0.2) is 15.0 Å². The van der Waals surface area contributed by atoms with E-state index in [-0.39, 0.29) is 0 Å². The second kappa shape index (κ2) is 5.78. The minimum atomic E-state index is 0.724. The minimum absolute atomic E-state index is 0.724. The van der Waals surface area contributed by atoms with Crippen LogP contribution in [-0.2, 0) is 7.05 Å². The second-order valence-corrected chi connectivity index (χ2v) is 4.82. The zero-order chi connectivity index (χ0) is 14.7. The summed E-state index contributed by atoms with van der Waals surface area (Å²) in [5.41, 5.74) is 2.04. The van der Waals surface area contributed by atoms with Crippen LogP contribution in [0.15, 0.2) is 36.7 Å². The summed E-state index contributed by atoms with van der Waals surface area (Å²) in [6, 6.07) is 9.91. The van der Waals surface area contributed by atoms with Gasteiger partial charge < -0.3 is 15.2 Å². The van der Waals surface area contributed by atoms with Crippen LogP contribution in [0.5, 0.6) is 0 Å². The highest BCUT2D eigenvalue weighted by molar-refractivity contribution is 5.79. The topological polar surface area (TPSA) is 67.7 Å². The minimum Gasteiger partial charge on any atom is -0.370 e. The first-order valence-electron chi connectivity index (χ1n) is 7.02. The lowest BCUT2D eigenvalue weighted by Crippen LogP contribution is -2.05. The van der Waals surface area contributed by atoms with E-state index in [1.807, 2.05) is 41.9 Å². The quantitative estimate of drug-likeness (QED) is 0.753. The van der Waals surface area contributed by atoms with Gasteiger partial charge in [0.1, 0.15) is 18.0 Å². The van der Waals surface area contributed by atoms with E-state index in [0.717, 1.165) is 41.6 Å². The molecule has 1 aromatic carbocycles. The van der Waals surface area contributed by atoms with E-state index in [0.29, 0.717) is 0 Å². The molecule has 0 aliphatic rings. The zero-order valence-corrected chi connectivity index (χ0v) is 12.2. The van der Waals surface area contributed by atoms with Crippen LogP contribution in [0.25, 0.3) is 11.0 Å². The highest BCUT2D eigenvalue weighted by Crippen LogP contribution is 2.20. The van der Waals surface area contributed by atoms with Crippen LogP contribution in [-0.4, -0.2) is 26.1 Å². The first kappa shape index (κ1) is 13.4. The number of nitrogens with one attached hydrogen (secondary N) is 2. The number of rotatable bonds is 5. The molecule has 0 unspecified atom stereocenters. The third-order valence-electron chi connectivity index (χ3n) is 3.25. The molecule has 0 atom stereocenters. The predicted octanol–water partition coefficient (Wildman–Crippen LogP) is 2.93. The Balaban J connectivity index is 1.86. The lowest BCUT2D eigenvalue weighted by molar-refractivity contribution is 0.950. The van der Waals surface area contributed by atoms with E-state index in [1.165, 1.54) is 0 Å². The van der Waals surface area contributed by atoms with Crippen molar-refractivity contribution in [3.63, 3.8) is 0 Å². The normalized spacial score (nSPS) is 10.8. The molecule has 0 fully saturated rings. The summed E-state index contributed by atoms with van der Waals surface area (Å²) in [5.74, 6) is 2.30. The Morgan fingerprint density at radius 1 is 1.14 bits per heavy atom. The molecule has 0 saturated heterocycles. The molecular formula is C15H18N6. The van der Waals surface area contributed by atoms with Gasteiger partial charge in [0.25, 0.3) is 0 Å². The van der Waals surface area contributed by atoms with Crippen molar-refractivity contribution < 1.29 is 0 Å². The first-order chi connectivity index (χ1) is 10.3. The van der Waals surface area contributed by atoms with Gasteiger partial charge >= 0.3 is 0 Å². The molecule has 0 bridgehead atoms. The van der Waals surface area contributed by atoms with Crippen molar-refractivity contribution in [3.8, 4) is 0 Å². The Morgan fingerprint density at radius 2 is 1.95 bits per heavy atom. The smallest absolute Gasteiger partial charge is 0.209 e. The number of aryl methyl sites for hydroxylation is 1. The molecule has 2 aromatic heterocycles. The molecule has 21 heavy (non-hydrogen) atoms. The molecule has 2 heterocycles. The fourth-order valence-electron chi connectivity index (χ4n) is 2.15. The van der Waals surface area contributed by atoms with E-state index in [9.17, 15) is 0 Å². The SMILES string of the molecule is CCCNc1cc(Nc2nc3ccccc3n2C)ncn1. The van der Waals surface area contributed by atoms with Crippen LogP contribution >= 0.6 is 0 Å². The van der Waals surface area contributed by atoms with Gasteiger partial charge in [-0.1, -0.05) is 19.1 Å². The molecule has 0 radical (unpaired) electrons. The summed E-state index contributed by atoms with van der Waals surface area (Å²) in [6.45, 7) is 3.01. The largest absolute Gasteiger partial charge is 0.370 e. The summed E-state index contributed by atoms with van der Waals surface area (Å²) < 4.78 is 2.01. The average molecular weight is 282 g/mol. The van der Waals surface area contributed by atoms with Crippen molar-refractivity contribution in [2.45, 2.75) is 13.3 Å². The Bertz CT molecular complexity index is 749. The third-order valence-corrected chi connectivity index (χ3v) is 3.25. The number of fused-ring (bicyclic) bond motifs is 1. The molecule has 3 aromatic rings. The van der Waals surface area contributed by atoms with Gasteiger partial charge in [-0.15, -0.1) is 0 Å². The lowest BCUT2D eigenvalue weighted by Gasteiger charge is -2.07. The monoisotopic (exact) mass is 282 g/mol. The van der Waals surface area contributed by atoms with Gasteiger partial charge in [-0.3, -0.25) is 0 Å². The van der Waals surface area contributed by atoms with Crippen molar-refractivity contribution >= 4 is 28.6 Å². The molecule has 0 spiro atoms. The predicted molar refractivity (Wildman–Crippen MR) is 84.8 cm³/mol. The summed E-state index contributed by atoms with van der Waals surface area (Å²) >= 11 is 0. The van der Waals surface area contributed by atoms with Crippen LogP contribution in [0.3, 0.4) is 0 Å². The molecule has 2 N–H and O–H groups in total. The lowest BCUT2D eigenvalue weighted by atomic mass is 10.3. The Morgan fingerprint density at radius 3 is 2.76 bits per heavy atom. The number of hydrogen-bond donors (Lipinski definition) is 2. The van der Waals surface area contributed by atoms with Gasteiger partial charge in [-0.05, 0) is 18.6 Å². The number of imidazole rings is 1. The summed E-state index contributed by atoms with van der Waals surface area (Å²) in [5, 5.41) is 6.48. The van der Waals surface area contributed by atoms with Gasteiger partial charge in [-0.2, -0.15) is 0 Å². The zero-order valence-electron chi connectivity index (χ0n) is 12.2. The summed E-state index contributed by atoms with van der Waals surface area (Å²) in [4.78, 5) is 13.0. The Labute approximate surface area is 123 Å². The summed E-state index contributed by atoms with van der Waals surface area (Å²) in [7, 11) is 1.98. The molecule has 108 valence electrons. The van der Waals surface area contributed by atoms with Crippen LogP contribution in [0, 0.1) is 0 Å². The fraction of sp³-hybridized carbons (Fsp3) is 0.267. The van der Waals surface area contributed by atoms with Crippen molar-refractivity contribution in [2.75, 3.05) is 17.2 Å². The van der Waals surface area contributed by atoms with E-state index < -0.39 is 0 Å². The molecular weight excluding hydrogens is 264 g/mol. The number of para-hydroxylation sites is 2. The van der Waals surface area contributed by atoms with Crippen LogP contribution in [0.2, 0.25) is 0 Å². The molecule has 0 aliphatic heterocycles. The van der Waals surface area contributed by atoms with E-state index >= 15 is 0 Å². The van der Waals surface area contributed by atoms with Crippen molar-refractivity contribution in [1.29, 1.82) is 0 Å². The molecule has 6 heteroatoms. The third kappa shape index (κ3) is 2.79. The second-order valence-electron chi connectivity index (χ2n) is 4.82. The first-order valence-corrected chi connectivity index (χ1v) is 7.02. The fourth-order valence-corrected chi connectivity index (χ4v) is 2.15. The molecule has 3 rings (SSSR count). The Kier molecular flexibility index (Phi) is 3.68. The average Bonchev–Trinajstić information content (AvgIpc) is 2.82. The number of nitrogens with zero attached hydrogens (tertiary/aromatic N) is 4. The van der Waals surface area contributed by atoms with Gasteiger partial charge in [0, 0.05) is 19.7 Å². The van der Waals surface area contributed by atoms with Crippen LogP contribution < -0.4 is 10.6 Å². The van der Waals surface area contributed by atoms with Crippen molar-refractivity contribution in [1.82, 2.24) is 19.5 Å². The molecule has 6 nitrogen and oxygen atoms in total. The van der Waals surface area contributed by atoms with Crippen molar-refractivity contribution in [2.24, 2.45) is 7.05 Å². The number of aromatic nitrogens is 4. The maximum Gasteiger partial charge on any atom is 0.209 e. The standard InChI is InChI=1S/C15H18N6/c1-3-8-16-13-9-14(18-10-17-13)20-15-19-11-6-4-5-7-12(11)21(15)2/h4-7,9-10H,3,8H2,1-2H3,(H2,16,17,18,19,20). The maximum atomic E-state index is 4.57. The van der Waals surface area contributed by atoms with E-state index in [4.69, 9.17) is 0 Å². The van der Waals surface area contributed by atoms with Crippen molar-refractivity contribution in [3.05, 3.63) is 36.7 Å². The molecule has 0 saturated carbocycles. The molecule has 0 aliphatic carbocycles. The van der Waals surface area contributed by atoms with Crippen LogP contribution in [0.4, 0.5) is 17.6 Å². The highest BCUT2D eigenvalue weighted by Gasteiger charge is 2.08. The van der Waals surface area contributed by atoms with E-state index in [2.05, 4.69) is 32.5 Å². The number of anilines is 3. The van der Waals surface area contributed by atoms with Gasteiger partial charge in [0.2, 0.25) is 5.95 Å². The number of benzene rings is 1. The maximum absolute atomic E-state index is 4.57.